The molecule has 2 aromatic rings. The van der Waals surface area contributed by atoms with Crippen LogP contribution in [-0.2, 0) is 6.54 Å². The van der Waals surface area contributed by atoms with Gasteiger partial charge in [-0.05, 0) is 11.6 Å². The third kappa shape index (κ3) is 1.86. The van der Waals surface area contributed by atoms with Crippen molar-refractivity contribution in [2.45, 2.75) is 12.6 Å². The number of amides is 2. The molecule has 1 aromatic carbocycles. The Balaban J connectivity index is 1.51. The Labute approximate surface area is 117 Å². The van der Waals surface area contributed by atoms with Crippen molar-refractivity contribution in [3.05, 3.63) is 36.0 Å². The molecule has 2 N–H and O–H groups in total. The van der Waals surface area contributed by atoms with Crippen LogP contribution in [0.2, 0.25) is 0 Å². The highest BCUT2D eigenvalue weighted by Gasteiger charge is 2.35. The first-order valence-corrected chi connectivity index (χ1v) is 7.13. The number of aromatic nitrogens is 1. The summed E-state index contributed by atoms with van der Waals surface area (Å²) in [6, 6.07) is 8.84. The lowest BCUT2D eigenvalue weighted by molar-refractivity contribution is 0.117. The fraction of sp³-hybridized carbons (Fsp3) is 0.400. The van der Waals surface area contributed by atoms with Crippen LogP contribution in [0.15, 0.2) is 30.5 Å². The molecule has 4 rings (SSSR count). The zero-order valence-electron chi connectivity index (χ0n) is 11.3. The van der Waals surface area contributed by atoms with Gasteiger partial charge in [-0.15, -0.1) is 0 Å². The summed E-state index contributed by atoms with van der Waals surface area (Å²) >= 11 is 0. The molecule has 1 aromatic heterocycles. The minimum absolute atomic E-state index is 0.0988. The van der Waals surface area contributed by atoms with Gasteiger partial charge >= 0.3 is 6.03 Å². The quantitative estimate of drug-likeness (QED) is 0.866. The summed E-state index contributed by atoms with van der Waals surface area (Å²) in [5.74, 6) is 0. The Kier molecular flexibility index (Phi) is 2.67. The van der Waals surface area contributed by atoms with Crippen molar-refractivity contribution < 1.29 is 4.79 Å². The molecule has 5 heteroatoms. The van der Waals surface area contributed by atoms with Crippen LogP contribution in [0.5, 0.6) is 0 Å². The van der Waals surface area contributed by atoms with Gasteiger partial charge in [0.1, 0.15) is 0 Å². The number of H-pyrrole nitrogens is 1. The van der Waals surface area contributed by atoms with Gasteiger partial charge in [-0.25, -0.2) is 4.79 Å². The van der Waals surface area contributed by atoms with Crippen LogP contribution in [0.1, 0.15) is 5.56 Å². The number of aromatic amines is 1. The summed E-state index contributed by atoms with van der Waals surface area (Å²) in [7, 11) is 0. The van der Waals surface area contributed by atoms with Crippen LogP contribution >= 0.6 is 0 Å². The van der Waals surface area contributed by atoms with Gasteiger partial charge in [-0.3, -0.25) is 4.90 Å². The van der Waals surface area contributed by atoms with Crippen LogP contribution in [-0.4, -0.2) is 53.0 Å². The van der Waals surface area contributed by atoms with E-state index >= 15 is 0 Å². The van der Waals surface area contributed by atoms with Gasteiger partial charge < -0.3 is 15.2 Å². The Bertz CT molecular complexity index is 650. The zero-order valence-corrected chi connectivity index (χ0v) is 11.3. The third-order valence-electron chi connectivity index (χ3n) is 4.39. The Morgan fingerprint density at radius 2 is 2.15 bits per heavy atom. The number of carbonyl (C=O) groups excluding carboxylic acids is 1. The molecule has 0 unspecified atom stereocenters. The molecular formula is C15H18N4O. The summed E-state index contributed by atoms with van der Waals surface area (Å²) in [4.78, 5) is 19.3. The lowest BCUT2D eigenvalue weighted by atomic mass is 10.1. The lowest BCUT2D eigenvalue weighted by Gasteiger charge is -2.36. The topological polar surface area (TPSA) is 51.4 Å². The number of nitrogens with zero attached hydrogens (tertiary/aromatic N) is 2. The van der Waals surface area contributed by atoms with Gasteiger partial charge in [-0.1, -0.05) is 18.2 Å². The number of hydrogen-bond acceptors (Lipinski definition) is 2. The molecule has 0 radical (unpaired) electrons. The molecule has 1 atom stereocenters. The molecule has 2 saturated heterocycles. The number of hydrogen-bond donors (Lipinski definition) is 2. The lowest BCUT2D eigenvalue weighted by Crippen LogP contribution is -2.51. The van der Waals surface area contributed by atoms with E-state index in [-0.39, 0.29) is 6.03 Å². The van der Waals surface area contributed by atoms with Crippen LogP contribution in [0, 0.1) is 0 Å². The summed E-state index contributed by atoms with van der Waals surface area (Å²) in [5.41, 5.74) is 2.53. The van der Waals surface area contributed by atoms with E-state index in [1.165, 1.54) is 16.5 Å². The van der Waals surface area contributed by atoms with Crippen LogP contribution < -0.4 is 5.32 Å². The van der Waals surface area contributed by atoms with E-state index in [9.17, 15) is 4.79 Å². The first-order valence-electron chi connectivity index (χ1n) is 7.13. The first kappa shape index (κ1) is 11.8. The molecular weight excluding hydrogens is 252 g/mol. The maximum atomic E-state index is 11.6. The van der Waals surface area contributed by atoms with E-state index in [1.54, 1.807) is 0 Å². The molecule has 20 heavy (non-hydrogen) atoms. The normalized spacial score (nSPS) is 23.1. The molecule has 0 aliphatic carbocycles. The molecule has 0 bridgehead atoms. The van der Waals surface area contributed by atoms with Crippen molar-refractivity contribution in [3.8, 4) is 0 Å². The minimum Gasteiger partial charge on any atom is -0.361 e. The van der Waals surface area contributed by atoms with Crippen molar-refractivity contribution in [2.24, 2.45) is 0 Å². The molecule has 2 fully saturated rings. The standard InChI is InChI=1S/C15H18N4O/c20-15-17-8-12-10-18(5-6-19(12)15)9-11-7-16-14-4-2-1-3-13(11)14/h1-4,7,12,16H,5-6,8-10H2,(H,17,20)/t12-/m0/s1. The van der Waals surface area contributed by atoms with Crippen molar-refractivity contribution >= 4 is 16.9 Å². The van der Waals surface area contributed by atoms with Crippen molar-refractivity contribution in [2.75, 3.05) is 26.2 Å². The fourth-order valence-electron chi connectivity index (χ4n) is 3.32. The molecule has 104 valence electrons. The number of piperazine rings is 1. The highest BCUT2D eigenvalue weighted by atomic mass is 16.2. The number of carbonyl (C=O) groups is 1. The van der Waals surface area contributed by atoms with Gasteiger partial charge in [0.2, 0.25) is 0 Å². The van der Waals surface area contributed by atoms with E-state index in [4.69, 9.17) is 0 Å². The predicted molar refractivity (Wildman–Crippen MR) is 77.5 cm³/mol. The molecule has 0 saturated carbocycles. The molecule has 0 spiro atoms. The van der Waals surface area contributed by atoms with Crippen molar-refractivity contribution in [3.63, 3.8) is 0 Å². The average Bonchev–Trinajstić information content (AvgIpc) is 3.04. The van der Waals surface area contributed by atoms with Crippen LogP contribution in [0.4, 0.5) is 4.79 Å². The Hall–Kier alpha value is -2.01. The Morgan fingerprint density at radius 1 is 1.25 bits per heavy atom. The number of para-hydroxylation sites is 1. The smallest absolute Gasteiger partial charge is 0.317 e. The second kappa shape index (κ2) is 4.52. The van der Waals surface area contributed by atoms with Gasteiger partial charge in [0.25, 0.3) is 0 Å². The van der Waals surface area contributed by atoms with Crippen molar-refractivity contribution in [1.29, 1.82) is 0 Å². The number of urea groups is 1. The minimum atomic E-state index is 0.0988. The monoisotopic (exact) mass is 270 g/mol. The van der Waals surface area contributed by atoms with Crippen LogP contribution in [0.3, 0.4) is 0 Å². The predicted octanol–water partition coefficient (Wildman–Crippen LogP) is 1.38. The fourth-order valence-corrected chi connectivity index (χ4v) is 3.32. The largest absolute Gasteiger partial charge is 0.361 e. The molecule has 2 aliphatic rings. The van der Waals surface area contributed by atoms with E-state index < -0.39 is 0 Å². The number of nitrogens with one attached hydrogen (secondary N) is 2. The maximum Gasteiger partial charge on any atom is 0.317 e. The van der Waals surface area contributed by atoms with Gasteiger partial charge in [0.05, 0.1) is 6.04 Å². The van der Waals surface area contributed by atoms with Gasteiger partial charge in [0, 0.05) is 49.8 Å². The second-order valence-corrected chi connectivity index (χ2v) is 5.63. The number of fused-ring (bicyclic) bond motifs is 2. The van der Waals surface area contributed by atoms with Crippen molar-refractivity contribution in [1.82, 2.24) is 20.1 Å². The zero-order chi connectivity index (χ0) is 13.5. The third-order valence-corrected chi connectivity index (χ3v) is 4.39. The summed E-state index contributed by atoms with van der Waals surface area (Å²) in [6.45, 7) is 4.46. The Morgan fingerprint density at radius 3 is 3.10 bits per heavy atom. The number of rotatable bonds is 2. The highest BCUT2D eigenvalue weighted by molar-refractivity contribution is 5.83. The SMILES string of the molecule is O=C1NC[C@H]2CN(Cc3c[nH]c4ccccc34)CCN12. The van der Waals surface area contributed by atoms with Crippen LogP contribution in [0.25, 0.3) is 10.9 Å². The molecule has 3 heterocycles. The second-order valence-electron chi connectivity index (χ2n) is 5.63. The summed E-state index contributed by atoms with van der Waals surface area (Å²) in [5, 5.41) is 4.23. The van der Waals surface area contributed by atoms with E-state index in [0.29, 0.717) is 6.04 Å². The molecule has 2 amide bonds. The van der Waals surface area contributed by atoms with Gasteiger partial charge in [-0.2, -0.15) is 0 Å². The van der Waals surface area contributed by atoms with E-state index in [2.05, 4.69) is 45.7 Å². The van der Waals surface area contributed by atoms with E-state index in [0.717, 1.165) is 32.7 Å². The van der Waals surface area contributed by atoms with E-state index in [1.807, 2.05) is 4.90 Å². The average molecular weight is 270 g/mol. The van der Waals surface area contributed by atoms with Gasteiger partial charge in [0.15, 0.2) is 0 Å². The summed E-state index contributed by atoms with van der Waals surface area (Å²) < 4.78 is 0. The molecule has 2 aliphatic heterocycles. The summed E-state index contributed by atoms with van der Waals surface area (Å²) in [6.07, 6.45) is 2.11. The molecule has 5 nitrogen and oxygen atoms in total. The highest BCUT2D eigenvalue weighted by Crippen LogP contribution is 2.21. The number of benzene rings is 1. The maximum absolute atomic E-state index is 11.6. The first-order chi connectivity index (χ1) is 9.81.